The molecular weight excluding hydrogens is 272 g/mol. The molecule has 0 saturated heterocycles. The van der Waals surface area contributed by atoms with Gasteiger partial charge in [-0.15, -0.1) is 0 Å². The van der Waals surface area contributed by atoms with Crippen molar-refractivity contribution < 1.29 is 4.43 Å². The molecule has 0 saturated carbocycles. The van der Waals surface area contributed by atoms with Crippen molar-refractivity contribution in [3.8, 4) is 0 Å². The minimum Gasteiger partial charge on any atom is -0.401 e. The number of hydrogen-bond donors (Lipinski definition) is 0. The summed E-state index contributed by atoms with van der Waals surface area (Å²) in [6, 6.07) is 18.0. The maximum atomic E-state index is 6.75. The van der Waals surface area contributed by atoms with Crippen LogP contribution in [-0.4, -0.2) is 8.32 Å². The first-order valence-corrected chi connectivity index (χ1v) is 10.3. The number of fused-ring (bicyclic) bond motifs is 1. The summed E-state index contributed by atoms with van der Waals surface area (Å²) in [5, 5.41) is 1.52. The predicted octanol–water partition coefficient (Wildman–Crippen LogP) is 4.62. The van der Waals surface area contributed by atoms with Crippen LogP contribution in [0, 0.1) is 13.8 Å². The number of benzene rings is 2. The van der Waals surface area contributed by atoms with Gasteiger partial charge in [0.1, 0.15) is 0 Å². The average Bonchev–Trinajstić information content (AvgIpc) is 2.81. The summed E-state index contributed by atoms with van der Waals surface area (Å²) < 4.78 is 6.75. The lowest BCUT2D eigenvalue weighted by Crippen LogP contribution is -2.45. The van der Waals surface area contributed by atoms with E-state index in [1.54, 1.807) is 0 Å². The second kappa shape index (κ2) is 5.43. The molecule has 0 fully saturated rings. The Balaban J connectivity index is 2.15. The Morgan fingerprint density at radius 2 is 1.67 bits per heavy atom. The maximum Gasteiger partial charge on any atom is 0.225 e. The van der Waals surface area contributed by atoms with Crippen LogP contribution in [0.5, 0.6) is 0 Å². The van der Waals surface area contributed by atoms with Crippen LogP contribution < -0.4 is 5.19 Å². The van der Waals surface area contributed by atoms with Crippen molar-refractivity contribution in [1.82, 2.24) is 0 Å². The van der Waals surface area contributed by atoms with Crippen molar-refractivity contribution in [2.24, 2.45) is 0 Å². The van der Waals surface area contributed by atoms with Gasteiger partial charge in [0.15, 0.2) is 0 Å². The molecule has 0 unspecified atom stereocenters. The van der Waals surface area contributed by atoms with Crippen molar-refractivity contribution in [3.05, 3.63) is 64.7 Å². The Labute approximate surface area is 129 Å². The third-order valence-electron chi connectivity index (χ3n) is 4.81. The molecule has 21 heavy (non-hydrogen) atoms. The van der Waals surface area contributed by atoms with Gasteiger partial charge in [0.05, 0.1) is 6.10 Å². The first-order chi connectivity index (χ1) is 10.1. The summed E-state index contributed by atoms with van der Waals surface area (Å²) in [6.45, 7) is 8.91. The number of hydrogen-bond acceptors (Lipinski definition) is 1. The topological polar surface area (TPSA) is 9.23 Å². The van der Waals surface area contributed by atoms with E-state index < -0.39 is 8.32 Å². The Kier molecular flexibility index (Phi) is 3.76. The van der Waals surface area contributed by atoms with E-state index in [4.69, 9.17) is 4.43 Å². The quantitative estimate of drug-likeness (QED) is 0.751. The lowest BCUT2D eigenvalue weighted by atomic mass is 9.99. The molecule has 2 heteroatoms. The van der Waals surface area contributed by atoms with Crippen molar-refractivity contribution in [2.75, 3.05) is 0 Å². The molecule has 0 radical (unpaired) electrons. The van der Waals surface area contributed by atoms with Gasteiger partial charge < -0.3 is 4.43 Å². The summed E-state index contributed by atoms with van der Waals surface area (Å²) in [5.74, 6) is 0. The highest BCUT2D eigenvalue weighted by atomic mass is 28.4. The normalized spacial score (nSPS) is 19.5. The van der Waals surface area contributed by atoms with Gasteiger partial charge in [-0.1, -0.05) is 67.4 Å². The fraction of sp³-hybridized carbons (Fsp3) is 0.368. The van der Waals surface area contributed by atoms with E-state index in [0.29, 0.717) is 0 Å². The first kappa shape index (κ1) is 14.5. The molecule has 0 aromatic heterocycles. The molecule has 2 aromatic carbocycles. The lowest BCUT2D eigenvalue weighted by Gasteiger charge is -2.25. The van der Waals surface area contributed by atoms with Crippen molar-refractivity contribution in [1.29, 1.82) is 0 Å². The van der Waals surface area contributed by atoms with E-state index in [0.717, 1.165) is 12.1 Å². The van der Waals surface area contributed by atoms with Gasteiger partial charge >= 0.3 is 0 Å². The van der Waals surface area contributed by atoms with Crippen LogP contribution in [0.15, 0.2) is 42.5 Å². The highest BCUT2D eigenvalue weighted by Gasteiger charge is 2.45. The predicted molar refractivity (Wildman–Crippen MR) is 91.6 cm³/mol. The van der Waals surface area contributed by atoms with Crippen LogP contribution in [0.25, 0.3) is 0 Å². The zero-order chi connectivity index (χ0) is 15.0. The smallest absolute Gasteiger partial charge is 0.225 e. The third-order valence-corrected chi connectivity index (χ3v) is 9.22. The van der Waals surface area contributed by atoms with Gasteiger partial charge in [-0.25, -0.2) is 0 Å². The molecule has 0 amide bonds. The zero-order valence-electron chi connectivity index (χ0n) is 13.4. The second-order valence-electron chi connectivity index (χ2n) is 6.20. The zero-order valence-corrected chi connectivity index (χ0v) is 14.4. The third kappa shape index (κ3) is 2.37. The fourth-order valence-corrected chi connectivity index (χ4v) is 7.10. The van der Waals surface area contributed by atoms with Gasteiger partial charge in [-0.05, 0) is 42.2 Å². The van der Waals surface area contributed by atoms with Crippen LogP contribution >= 0.6 is 0 Å². The van der Waals surface area contributed by atoms with Crippen molar-refractivity contribution >= 4 is 13.5 Å². The Morgan fingerprint density at radius 1 is 0.952 bits per heavy atom. The summed E-state index contributed by atoms with van der Waals surface area (Å²) in [7, 11) is -1.79. The van der Waals surface area contributed by atoms with Crippen LogP contribution in [0.3, 0.4) is 0 Å². The SMILES string of the molecule is CC[Si]1(CC)O[C@H](c2cccc(C)c2)c2cc(C)ccc21. The molecule has 2 aromatic rings. The molecule has 1 atom stereocenters. The minimum absolute atomic E-state index is 0.131. The van der Waals surface area contributed by atoms with E-state index >= 15 is 0 Å². The Hall–Kier alpha value is -1.38. The van der Waals surface area contributed by atoms with E-state index in [-0.39, 0.29) is 6.10 Å². The molecule has 1 heterocycles. The molecule has 0 bridgehead atoms. The maximum absolute atomic E-state index is 6.75. The fourth-order valence-electron chi connectivity index (χ4n) is 3.54. The molecule has 1 nitrogen and oxygen atoms in total. The summed E-state index contributed by atoms with van der Waals surface area (Å²) >= 11 is 0. The Bertz CT molecular complexity index is 658. The molecule has 1 aliphatic heterocycles. The highest BCUT2D eigenvalue weighted by Crippen LogP contribution is 2.39. The van der Waals surface area contributed by atoms with Crippen molar-refractivity contribution in [3.63, 3.8) is 0 Å². The first-order valence-electron chi connectivity index (χ1n) is 7.95. The van der Waals surface area contributed by atoms with Gasteiger partial charge in [0.2, 0.25) is 8.32 Å². The van der Waals surface area contributed by atoms with Gasteiger partial charge in [0, 0.05) is 0 Å². The van der Waals surface area contributed by atoms with Crippen LogP contribution in [0.4, 0.5) is 0 Å². The molecule has 0 spiro atoms. The standard InChI is InChI=1S/C19H24OSi/c1-5-21(6-2)18-11-10-15(4)13-17(18)19(20-21)16-9-7-8-14(3)12-16/h7-13,19H,5-6H2,1-4H3/t19-/m1/s1. The van der Waals surface area contributed by atoms with Gasteiger partial charge in [0.25, 0.3) is 0 Å². The van der Waals surface area contributed by atoms with E-state index in [9.17, 15) is 0 Å². The largest absolute Gasteiger partial charge is 0.401 e. The van der Waals surface area contributed by atoms with Gasteiger partial charge in [-0.2, -0.15) is 0 Å². The number of aryl methyl sites for hydroxylation is 2. The van der Waals surface area contributed by atoms with Gasteiger partial charge in [-0.3, -0.25) is 0 Å². The van der Waals surface area contributed by atoms with Crippen LogP contribution in [-0.2, 0) is 4.43 Å². The van der Waals surface area contributed by atoms with Crippen LogP contribution in [0.1, 0.15) is 42.2 Å². The summed E-state index contributed by atoms with van der Waals surface area (Å²) in [4.78, 5) is 0. The summed E-state index contributed by atoms with van der Waals surface area (Å²) in [5.41, 5.74) is 5.35. The van der Waals surface area contributed by atoms with Crippen molar-refractivity contribution in [2.45, 2.75) is 45.9 Å². The Morgan fingerprint density at radius 3 is 2.33 bits per heavy atom. The second-order valence-corrected chi connectivity index (χ2v) is 10.4. The molecule has 1 aliphatic rings. The highest BCUT2D eigenvalue weighted by molar-refractivity contribution is 6.87. The number of rotatable bonds is 3. The lowest BCUT2D eigenvalue weighted by molar-refractivity contribution is 0.253. The molecule has 3 rings (SSSR count). The van der Waals surface area contributed by atoms with Crippen LogP contribution in [0.2, 0.25) is 12.1 Å². The molecule has 0 N–H and O–H groups in total. The van der Waals surface area contributed by atoms with E-state index in [1.807, 2.05) is 0 Å². The molecular formula is C19H24OSi. The summed E-state index contributed by atoms with van der Waals surface area (Å²) in [6.07, 6.45) is 0.131. The average molecular weight is 296 g/mol. The molecule has 110 valence electrons. The monoisotopic (exact) mass is 296 g/mol. The van der Waals surface area contributed by atoms with E-state index in [1.165, 1.54) is 27.4 Å². The molecule has 0 aliphatic carbocycles. The van der Waals surface area contributed by atoms with E-state index in [2.05, 4.69) is 70.2 Å². The minimum atomic E-state index is -1.79.